The van der Waals surface area contributed by atoms with Gasteiger partial charge in [-0.1, -0.05) is 6.07 Å². The fourth-order valence-electron chi connectivity index (χ4n) is 1.50. The quantitative estimate of drug-likeness (QED) is 0.829. The van der Waals surface area contributed by atoms with Crippen molar-refractivity contribution in [1.29, 1.82) is 10.5 Å². The van der Waals surface area contributed by atoms with Crippen molar-refractivity contribution in [2.24, 2.45) is 0 Å². The molecule has 0 unspecified atom stereocenters. The summed E-state index contributed by atoms with van der Waals surface area (Å²) in [7, 11) is 0. The number of nitriles is 2. The molecule has 2 rings (SSSR count). The highest BCUT2D eigenvalue weighted by molar-refractivity contribution is 5.66. The lowest BCUT2D eigenvalue weighted by Gasteiger charge is -2.08. The van der Waals surface area contributed by atoms with Gasteiger partial charge in [0.05, 0.1) is 29.1 Å². The highest BCUT2D eigenvalue weighted by Gasteiger charge is 2.07. The van der Waals surface area contributed by atoms with Crippen molar-refractivity contribution >= 4 is 5.69 Å². The summed E-state index contributed by atoms with van der Waals surface area (Å²) in [5, 5.41) is 27.7. The van der Waals surface area contributed by atoms with Crippen molar-refractivity contribution in [2.75, 3.05) is 5.32 Å². The van der Waals surface area contributed by atoms with Crippen molar-refractivity contribution in [1.82, 2.24) is 10.2 Å². The largest absolute Gasteiger partial charge is 0.377 e. The number of nitrogens with zero attached hydrogens (tertiary/aromatic N) is 3. The van der Waals surface area contributed by atoms with Crippen LogP contribution in [0.1, 0.15) is 16.8 Å². The lowest BCUT2D eigenvalue weighted by molar-refractivity contribution is 0.980. The topological polar surface area (TPSA) is 88.3 Å². The van der Waals surface area contributed by atoms with Crippen molar-refractivity contribution in [2.45, 2.75) is 6.54 Å². The Morgan fingerprint density at radius 1 is 1.18 bits per heavy atom. The highest BCUT2D eigenvalue weighted by atomic mass is 15.1. The SMILES string of the molecule is N#Cc1cccc(C#N)c1NCc1ccn[nH]1. The number of hydrogen-bond acceptors (Lipinski definition) is 4. The summed E-state index contributed by atoms with van der Waals surface area (Å²) in [6, 6.07) is 11.0. The molecule has 0 aliphatic heterocycles. The van der Waals surface area contributed by atoms with Gasteiger partial charge in [-0.05, 0) is 18.2 Å². The van der Waals surface area contributed by atoms with Crippen LogP contribution in [-0.4, -0.2) is 10.2 Å². The van der Waals surface area contributed by atoms with E-state index in [0.29, 0.717) is 23.4 Å². The standard InChI is InChI=1S/C12H9N5/c13-6-9-2-1-3-10(7-14)12(9)15-8-11-4-5-16-17-11/h1-5,15H,8H2,(H,16,17). The third-order valence-corrected chi connectivity index (χ3v) is 2.32. The Labute approximate surface area is 98.3 Å². The average molecular weight is 223 g/mol. The molecule has 0 spiro atoms. The van der Waals surface area contributed by atoms with Crippen LogP contribution in [0.3, 0.4) is 0 Å². The molecule has 1 heterocycles. The minimum Gasteiger partial charge on any atom is -0.377 e. The second-order valence-electron chi connectivity index (χ2n) is 3.39. The predicted molar refractivity (Wildman–Crippen MR) is 61.8 cm³/mol. The smallest absolute Gasteiger partial charge is 0.101 e. The highest BCUT2D eigenvalue weighted by Crippen LogP contribution is 2.20. The summed E-state index contributed by atoms with van der Waals surface area (Å²) in [6.07, 6.45) is 1.65. The van der Waals surface area contributed by atoms with Gasteiger partial charge in [0.1, 0.15) is 12.1 Å². The normalized spacial score (nSPS) is 9.29. The molecule has 0 aliphatic carbocycles. The van der Waals surface area contributed by atoms with Gasteiger partial charge >= 0.3 is 0 Å². The van der Waals surface area contributed by atoms with Gasteiger partial charge in [-0.15, -0.1) is 0 Å². The number of rotatable bonds is 3. The van der Waals surface area contributed by atoms with E-state index >= 15 is 0 Å². The first-order valence-electron chi connectivity index (χ1n) is 5.00. The van der Waals surface area contributed by atoms with Crippen molar-refractivity contribution in [3.63, 3.8) is 0 Å². The molecule has 0 bridgehead atoms. The Balaban J connectivity index is 2.26. The number of benzene rings is 1. The average Bonchev–Trinajstić information content (AvgIpc) is 2.88. The zero-order valence-corrected chi connectivity index (χ0v) is 8.94. The van der Waals surface area contributed by atoms with Gasteiger partial charge in [-0.25, -0.2) is 0 Å². The molecular formula is C12H9N5. The van der Waals surface area contributed by atoms with Gasteiger partial charge in [0.25, 0.3) is 0 Å². The van der Waals surface area contributed by atoms with E-state index in [2.05, 4.69) is 27.7 Å². The first kappa shape index (κ1) is 10.7. The molecule has 5 nitrogen and oxygen atoms in total. The number of para-hydroxylation sites is 1. The lowest BCUT2D eigenvalue weighted by Crippen LogP contribution is -2.03. The van der Waals surface area contributed by atoms with E-state index in [9.17, 15) is 0 Å². The van der Waals surface area contributed by atoms with Crippen LogP contribution in [0.25, 0.3) is 0 Å². The molecule has 0 fully saturated rings. The fraction of sp³-hybridized carbons (Fsp3) is 0.0833. The van der Waals surface area contributed by atoms with E-state index in [4.69, 9.17) is 10.5 Å². The number of hydrogen-bond donors (Lipinski definition) is 2. The summed E-state index contributed by atoms with van der Waals surface area (Å²) in [4.78, 5) is 0. The number of aromatic nitrogens is 2. The Hall–Kier alpha value is -2.79. The van der Waals surface area contributed by atoms with E-state index in [1.165, 1.54) is 0 Å². The molecule has 0 saturated carbocycles. The molecule has 5 heteroatoms. The molecular weight excluding hydrogens is 214 g/mol. The Morgan fingerprint density at radius 3 is 2.41 bits per heavy atom. The van der Waals surface area contributed by atoms with Crippen LogP contribution in [0.15, 0.2) is 30.5 Å². The van der Waals surface area contributed by atoms with E-state index in [0.717, 1.165) is 5.69 Å². The number of aromatic amines is 1. The molecule has 17 heavy (non-hydrogen) atoms. The molecule has 2 aromatic rings. The summed E-state index contributed by atoms with van der Waals surface area (Å²) in [6.45, 7) is 0.493. The van der Waals surface area contributed by atoms with Gasteiger partial charge in [-0.3, -0.25) is 5.10 Å². The van der Waals surface area contributed by atoms with E-state index in [1.54, 1.807) is 24.4 Å². The molecule has 82 valence electrons. The van der Waals surface area contributed by atoms with Gasteiger partial charge < -0.3 is 5.32 Å². The minimum absolute atomic E-state index is 0.462. The molecule has 1 aromatic carbocycles. The number of anilines is 1. The van der Waals surface area contributed by atoms with Crippen molar-refractivity contribution in [3.05, 3.63) is 47.3 Å². The van der Waals surface area contributed by atoms with Gasteiger partial charge in [0, 0.05) is 6.20 Å². The fourth-order valence-corrected chi connectivity index (χ4v) is 1.50. The van der Waals surface area contributed by atoms with Crippen LogP contribution in [0.4, 0.5) is 5.69 Å². The van der Waals surface area contributed by atoms with Crippen LogP contribution >= 0.6 is 0 Å². The maximum atomic E-state index is 8.98. The first-order chi connectivity index (χ1) is 8.35. The van der Waals surface area contributed by atoms with Crippen LogP contribution in [0, 0.1) is 22.7 Å². The van der Waals surface area contributed by atoms with E-state index in [1.807, 2.05) is 6.07 Å². The molecule has 0 amide bonds. The van der Waals surface area contributed by atoms with Gasteiger partial charge in [0.15, 0.2) is 0 Å². The molecule has 2 N–H and O–H groups in total. The molecule has 0 saturated heterocycles. The number of nitrogens with one attached hydrogen (secondary N) is 2. The molecule has 1 aromatic heterocycles. The van der Waals surface area contributed by atoms with E-state index < -0.39 is 0 Å². The maximum absolute atomic E-state index is 8.98. The summed E-state index contributed by atoms with van der Waals surface area (Å²) in [5.41, 5.74) is 2.38. The monoisotopic (exact) mass is 223 g/mol. The van der Waals surface area contributed by atoms with Gasteiger partial charge in [-0.2, -0.15) is 15.6 Å². The first-order valence-corrected chi connectivity index (χ1v) is 5.00. The predicted octanol–water partition coefficient (Wildman–Crippen LogP) is 1.77. The molecule has 0 atom stereocenters. The van der Waals surface area contributed by atoms with Crippen LogP contribution in [0.2, 0.25) is 0 Å². The Bertz CT molecular complexity index is 554. The Kier molecular flexibility index (Phi) is 3.04. The molecule has 0 radical (unpaired) electrons. The molecule has 0 aliphatic rings. The van der Waals surface area contributed by atoms with Crippen molar-refractivity contribution < 1.29 is 0 Å². The third kappa shape index (κ3) is 2.24. The minimum atomic E-state index is 0.462. The van der Waals surface area contributed by atoms with Crippen molar-refractivity contribution in [3.8, 4) is 12.1 Å². The zero-order valence-electron chi connectivity index (χ0n) is 8.94. The Morgan fingerprint density at radius 2 is 1.88 bits per heavy atom. The van der Waals surface area contributed by atoms with Gasteiger partial charge in [0.2, 0.25) is 0 Å². The summed E-state index contributed by atoms with van der Waals surface area (Å²) < 4.78 is 0. The second-order valence-corrected chi connectivity index (χ2v) is 3.39. The van der Waals surface area contributed by atoms with Crippen LogP contribution < -0.4 is 5.32 Å². The lowest BCUT2D eigenvalue weighted by atomic mass is 10.1. The van der Waals surface area contributed by atoms with Crippen LogP contribution in [-0.2, 0) is 6.54 Å². The van der Waals surface area contributed by atoms with E-state index in [-0.39, 0.29) is 0 Å². The second kappa shape index (κ2) is 4.82. The maximum Gasteiger partial charge on any atom is 0.101 e. The summed E-state index contributed by atoms with van der Waals surface area (Å²) in [5.74, 6) is 0. The van der Waals surface area contributed by atoms with Crippen LogP contribution in [0.5, 0.6) is 0 Å². The zero-order chi connectivity index (χ0) is 12.1. The third-order valence-electron chi connectivity index (χ3n) is 2.32. The number of H-pyrrole nitrogens is 1. The summed E-state index contributed by atoms with van der Waals surface area (Å²) >= 11 is 0.